The molecule has 0 radical (unpaired) electrons. The van der Waals surface area contributed by atoms with Gasteiger partial charge in [0.2, 0.25) is 0 Å². The molecule has 0 N–H and O–H groups in total. The van der Waals surface area contributed by atoms with Crippen molar-refractivity contribution in [3.8, 4) is 11.5 Å². The SMILES string of the molecule is COc1cc2c(cc1OC)CC(C(C)C)N=C2. The fourth-order valence-corrected chi connectivity index (χ4v) is 2.10. The Morgan fingerprint density at radius 1 is 1.18 bits per heavy atom. The summed E-state index contributed by atoms with van der Waals surface area (Å²) < 4.78 is 10.6. The van der Waals surface area contributed by atoms with Gasteiger partial charge in [0.25, 0.3) is 0 Å². The molecule has 92 valence electrons. The third-order valence-corrected chi connectivity index (χ3v) is 3.25. The largest absolute Gasteiger partial charge is 0.493 e. The van der Waals surface area contributed by atoms with E-state index in [1.165, 1.54) is 5.56 Å². The lowest BCUT2D eigenvalue weighted by Gasteiger charge is -2.23. The molecule has 0 fully saturated rings. The Morgan fingerprint density at radius 2 is 1.82 bits per heavy atom. The highest BCUT2D eigenvalue weighted by molar-refractivity contribution is 5.84. The van der Waals surface area contributed by atoms with Gasteiger partial charge in [0.1, 0.15) is 0 Å². The van der Waals surface area contributed by atoms with Gasteiger partial charge >= 0.3 is 0 Å². The molecule has 17 heavy (non-hydrogen) atoms. The van der Waals surface area contributed by atoms with E-state index in [1.54, 1.807) is 14.2 Å². The number of methoxy groups -OCH3 is 2. The van der Waals surface area contributed by atoms with Crippen LogP contribution in [0.3, 0.4) is 0 Å². The smallest absolute Gasteiger partial charge is 0.161 e. The molecule has 0 spiro atoms. The summed E-state index contributed by atoms with van der Waals surface area (Å²) in [6.07, 6.45) is 2.93. The Hall–Kier alpha value is -1.51. The normalized spacial score (nSPS) is 18.1. The first-order chi connectivity index (χ1) is 8.15. The van der Waals surface area contributed by atoms with Gasteiger partial charge in [-0.25, -0.2) is 0 Å². The fraction of sp³-hybridized carbons (Fsp3) is 0.500. The lowest BCUT2D eigenvalue weighted by Crippen LogP contribution is -2.21. The molecule has 2 rings (SSSR count). The molecule has 1 unspecified atom stereocenters. The Labute approximate surface area is 102 Å². The zero-order valence-electron chi connectivity index (χ0n) is 10.9. The minimum Gasteiger partial charge on any atom is -0.493 e. The molecule has 0 saturated heterocycles. The van der Waals surface area contributed by atoms with Gasteiger partial charge in [0.05, 0.1) is 20.3 Å². The van der Waals surface area contributed by atoms with E-state index in [4.69, 9.17) is 9.47 Å². The molecular formula is C14H19NO2. The van der Waals surface area contributed by atoms with E-state index in [2.05, 4.69) is 24.9 Å². The van der Waals surface area contributed by atoms with Gasteiger partial charge < -0.3 is 9.47 Å². The van der Waals surface area contributed by atoms with Gasteiger partial charge in [-0.3, -0.25) is 4.99 Å². The Balaban J connectivity index is 2.38. The van der Waals surface area contributed by atoms with E-state index in [9.17, 15) is 0 Å². The maximum Gasteiger partial charge on any atom is 0.161 e. The molecule has 1 heterocycles. The molecule has 0 amide bonds. The number of ether oxygens (including phenoxy) is 2. The second-order valence-electron chi connectivity index (χ2n) is 4.70. The summed E-state index contributed by atoms with van der Waals surface area (Å²) in [7, 11) is 3.32. The molecule has 1 aromatic carbocycles. The van der Waals surface area contributed by atoms with Crippen molar-refractivity contribution in [2.24, 2.45) is 10.9 Å². The maximum atomic E-state index is 5.33. The van der Waals surface area contributed by atoms with Crippen LogP contribution in [0.5, 0.6) is 11.5 Å². The highest BCUT2D eigenvalue weighted by atomic mass is 16.5. The lowest BCUT2D eigenvalue weighted by molar-refractivity contribution is 0.354. The van der Waals surface area contributed by atoms with Crippen LogP contribution in [-0.2, 0) is 6.42 Å². The minimum absolute atomic E-state index is 0.376. The van der Waals surface area contributed by atoms with Crippen molar-refractivity contribution in [1.82, 2.24) is 0 Å². The van der Waals surface area contributed by atoms with E-state index in [0.717, 1.165) is 23.5 Å². The van der Waals surface area contributed by atoms with Gasteiger partial charge in [-0.2, -0.15) is 0 Å². The lowest BCUT2D eigenvalue weighted by atomic mass is 9.91. The Bertz CT molecular complexity index is 438. The predicted molar refractivity (Wildman–Crippen MR) is 69.5 cm³/mol. The molecular weight excluding hydrogens is 214 g/mol. The van der Waals surface area contributed by atoms with Crippen LogP contribution in [0.25, 0.3) is 0 Å². The van der Waals surface area contributed by atoms with Gasteiger partial charge in [-0.1, -0.05) is 13.8 Å². The van der Waals surface area contributed by atoms with Crippen molar-refractivity contribution in [2.75, 3.05) is 14.2 Å². The Kier molecular flexibility index (Phi) is 3.36. The third-order valence-electron chi connectivity index (χ3n) is 3.25. The first-order valence-electron chi connectivity index (χ1n) is 5.93. The summed E-state index contributed by atoms with van der Waals surface area (Å²) in [4.78, 5) is 4.58. The summed E-state index contributed by atoms with van der Waals surface area (Å²) in [5.74, 6) is 2.12. The molecule has 3 nitrogen and oxygen atoms in total. The van der Waals surface area contributed by atoms with E-state index in [-0.39, 0.29) is 0 Å². The zero-order valence-corrected chi connectivity index (χ0v) is 10.9. The molecule has 1 aromatic rings. The van der Waals surface area contributed by atoms with Crippen molar-refractivity contribution in [3.63, 3.8) is 0 Å². The highest BCUT2D eigenvalue weighted by Gasteiger charge is 2.20. The van der Waals surface area contributed by atoms with Crippen molar-refractivity contribution >= 4 is 6.21 Å². The van der Waals surface area contributed by atoms with Gasteiger partial charge in [0.15, 0.2) is 11.5 Å². The second kappa shape index (κ2) is 4.78. The zero-order chi connectivity index (χ0) is 12.4. The number of fused-ring (bicyclic) bond motifs is 1. The monoisotopic (exact) mass is 233 g/mol. The molecule has 1 atom stereocenters. The van der Waals surface area contributed by atoms with Crippen molar-refractivity contribution in [3.05, 3.63) is 23.3 Å². The first kappa shape index (κ1) is 12.0. The molecule has 1 aliphatic rings. The number of nitrogens with zero attached hydrogens (tertiary/aromatic N) is 1. The Morgan fingerprint density at radius 3 is 2.41 bits per heavy atom. The van der Waals surface area contributed by atoms with Crippen LogP contribution in [0.4, 0.5) is 0 Å². The minimum atomic E-state index is 0.376. The number of hydrogen-bond donors (Lipinski definition) is 0. The van der Waals surface area contributed by atoms with E-state index >= 15 is 0 Å². The van der Waals surface area contributed by atoms with Crippen molar-refractivity contribution in [1.29, 1.82) is 0 Å². The number of benzene rings is 1. The van der Waals surface area contributed by atoms with Crippen LogP contribution >= 0.6 is 0 Å². The van der Waals surface area contributed by atoms with Crippen molar-refractivity contribution < 1.29 is 9.47 Å². The molecule has 0 aliphatic carbocycles. The molecule has 1 aliphatic heterocycles. The number of hydrogen-bond acceptors (Lipinski definition) is 3. The summed E-state index contributed by atoms with van der Waals surface area (Å²) in [5, 5.41) is 0. The van der Waals surface area contributed by atoms with Crippen LogP contribution in [-0.4, -0.2) is 26.5 Å². The van der Waals surface area contributed by atoms with Crippen LogP contribution in [0.2, 0.25) is 0 Å². The molecule has 0 saturated carbocycles. The average Bonchev–Trinajstić information content (AvgIpc) is 2.36. The number of rotatable bonds is 3. The maximum absolute atomic E-state index is 5.33. The first-order valence-corrected chi connectivity index (χ1v) is 5.93. The van der Waals surface area contributed by atoms with E-state index in [0.29, 0.717) is 12.0 Å². The van der Waals surface area contributed by atoms with Crippen molar-refractivity contribution in [2.45, 2.75) is 26.3 Å². The standard InChI is InChI=1S/C14H19NO2/c1-9(2)12-5-10-6-13(16-3)14(17-4)7-11(10)8-15-12/h6-9,12H,5H2,1-4H3. The molecule has 3 heteroatoms. The highest BCUT2D eigenvalue weighted by Crippen LogP contribution is 2.32. The van der Waals surface area contributed by atoms with E-state index in [1.807, 2.05) is 12.3 Å². The number of aliphatic imine (C=N–C) groups is 1. The van der Waals surface area contributed by atoms with Crippen LogP contribution in [0, 0.1) is 5.92 Å². The summed E-state index contributed by atoms with van der Waals surface area (Å²) in [6, 6.07) is 4.43. The van der Waals surface area contributed by atoms with Gasteiger partial charge in [-0.15, -0.1) is 0 Å². The van der Waals surface area contributed by atoms with Crippen LogP contribution < -0.4 is 9.47 Å². The topological polar surface area (TPSA) is 30.8 Å². The van der Waals surface area contributed by atoms with Crippen LogP contribution in [0.15, 0.2) is 17.1 Å². The summed E-state index contributed by atoms with van der Waals surface area (Å²) >= 11 is 0. The van der Waals surface area contributed by atoms with Crippen LogP contribution in [0.1, 0.15) is 25.0 Å². The quantitative estimate of drug-likeness (QED) is 0.803. The summed E-state index contributed by atoms with van der Waals surface area (Å²) in [6.45, 7) is 4.40. The summed E-state index contributed by atoms with van der Waals surface area (Å²) in [5.41, 5.74) is 2.43. The van der Waals surface area contributed by atoms with E-state index < -0.39 is 0 Å². The second-order valence-corrected chi connectivity index (χ2v) is 4.70. The average molecular weight is 233 g/mol. The fourth-order valence-electron chi connectivity index (χ4n) is 2.10. The van der Waals surface area contributed by atoms with Gasteiger partial charge in [-0.05, 0) is 35.6 Å². The van der Waals surface area contributed by atoms with Gasteiger partial charge in [0, 0.05) is 6.21 Å². The molecule has 0 aromatic heterocycles. The third kappa shape index (κ3) is 2.28. The predicted octanol–water partition coefficient (Wildman–Crippen LogP) is 2.70. The molecule has 0 bridgehead atoms.